The molecule has 1 aliphatic carbocycles. The van der Waals surface area contributed by atoms with Gasteiger partial charge in [0.15, 0.2) is 0 Å². The summed E-state index contributed by atoms with van der Waals surface area (Å²) in [5, 5.41) is 0.750. The van der Waals surface area contributed by atoms with Crippen LogP contribution in [0.1, 0.15) is 22.3 Å². The molecule has 0 saturated heterocycles. The van der Waals surface area contributed by atoms with Crippen LogP contribution in [0.4, 0.5) is 0 Å². The van der Waals surface area contributed by atoms with Crippen molar-refractivity contribution in [3.63, 3.8) is 0 Å². The molecule has 0 amide bonds. The highest BCUT2D eigenvalue weighted by atomic mass is 79.9. The van der Waals surface area contributed by atoms with E-state index >= 15 is 0 Å². The molecule has 0 nitrogen and oxygen atoms in total. The van der Waals surface area contributed by atoms with Gasteiger partial charge in [0.05, 0.1) is 10.4 Å². The summed E-state index contributed by atoms with van der Waals surface area (Å²) in [6.45, 7) is 0. The molecule has 4 aromatic carbocycles. The highest BCUT2D eigenvalue weighted by molar-refractivity contribution is 9.10. The average molecular weight is 462 g/mol. The van der Waals surface area contributed by atoms with Gasteiger partial charge in [-0.05, 0) is 67.5 Å². The predicted molar refractivity (Wildman–Crippen MR) is 121 cm³/mol. The lowest BCUT2D eigenvalue weighted by Gasteiger charge is -2.39. The van der Waals surface area contributed by atoms with Gasteiger partial charge in [-0.3, -0.25) is 0 Å². The molecule has 3 heteroatoms. The monoisotopic (exact) mass is 460 g/mol. The molecule has 1 heterocycles. The molecule has 1 aliphatic heterocycles. The van der Waals surface area contributed by atoms with Crippen molar-refractivity contribution >= 4 is 39.3 Å². The fourth-order valence-electron chi connectivity index (χ4n) is 4.85. The highest BCUT2D eigenvalue weighted by Gasteiger charge is 2.50. The Morgan fingerprint density at radius 1 is 0.643 bits per heavy atom. The number of halogens is 2. The van der Waals surface area contributed by atoms with Gasteiger partial charge in [0.25, 0.3) is 0 Å². The third-order valence-electron chi connectivity index (χ3n) is 5.89. The second-order valence-electron chi connectivity index (χ2n) is 7.20. The summed E-state index contributed by atoms with van der Waals surface area (Å²) in [5.41, 5.74) is 7.65. The molecule has 6 rings (SSSR count). The van der Waals surface area contributed by atoms with Crippen LogP contribution >= 0.6 is 39.3 Å². The van der Waals surface area contributed by atoms with Gasteiger partial charge in [-0.2, -0.15) is 0 Å². The third-order valence-corrected chi connectivity index (χ3v) is 8.22. The van der Waals surface area contributed by atoms with Crippen molar-refractivity contribution in [3.05, 3.63) is 117 Å². The van der Waals surface area contributed by atoms with Gasteiger partial charge in [0.1, 0.15) is 0 Å². The molecule has 0 unspecified atom stereocenters. The predicted octanol–water partition coefficient (Wildman–Crippen LogP) is 7.93. The summed E-state index contributed by atoms with van der Waals surface area (Å²) in [5.74, 6) is 0. The topological polar surface area (TPSA) is 0 Å². The van der Waals surface area contributed by atoms with Crippen LogP contribution in [0.3, 0.4) is 0 Å². The Morgan fingerprint density at radius 3 is 1.89 bits per heavy atom. The van der Waals surface area contributed by atoms with Gasteiger partial charge in [0, 0.05) is 14.3 Å². The van der Waals surface area contributed by atoms with Crippen LogP contribution in [0.25, 0.3) is 11.1 Å². The smallest absolute Gasteiger partial charge is 0.0735 e. The van der Waals surface area contributed by atoms with E-state index in [0.29, 0.717) is 0 Å². The molecular weight excluding hydrogens is 448 g/mol. The molecule has 0 bridgehead atoms. The lowest BCUT2D eigenvalue weighted by Crippen LogP contribution is -2.32. The van der Waals surface area contributed by atoms with Crippen LogP contribution in [0.5, 0.6) is 0 Å². The molecule has 4 aromatic rings. The summed E-state index contributed by atoms with van der Waals surface area (Å²) in [6, 6.07) is 30.8. The summed E-state index contributed by atoms with van der Waals surface area (Å²) < 4.78 is 0.939. The number of benzene rings is 4. The van der Waals surface area contributed by atoms with Gasteiger partial charge in [-0.1, -0.05) is 90.1 Å². The Balaban J connectivity index is 1.86. The van der Waals surface area contributed by atoms with E-state index in [1.54, 1.807) is 0 Å². The minimum atomic E-state index is -0.322. The minimum absolute atomic E-state index is 0.322. The Labute approximate surface area is 181 Å². The molecule has 134 valence electrons. The first-order valence-electron chi connectivity index (χ1n) is 9.17. The van der Waals surface area contributed by atoms with E-state index in [2.05, 4.69) is 101 Å². The lowest BCUT2D eigenvalue weighted by molar-refractivity contribution is 0.721. The van der Waals surface area contributed by atoms with Crippen molar-refractivity contribution in [2.24, 2.45) is 0 Å². The zero-order valence-corrected chi connectivity index (χ0v) is 17.9. The van der Waals surface area contributed by atoms with Crippen LogP contribution in [-0.2, 0) is 5.41 Å². The van der Waals surface area contributed by atoms with Crippen molar-refractivity contribution in [1.82, 2.24) is 0 Å². The Kier molecular flexibility index (Phi) is 3.62. The number of hydrogen-bond acceptors (Lipinski definition) is 1. The van der Waals surface area contributed by atoms with E-state index in [4.69, 9.17) is 11.6 Å². The largest absolute Gasteiger partial charge is 0.0893 e. The van der Waals surface area contributed by atoms with Crippen molar-refractivity contribution in [2.45, 2.75) is 15.2 Å². The van der Waals surface area contributed by atoms with E-state index in [9.17, 15) is 0 Å². The van der Waals surface area contributed by atoms with Crippen LogP contribution in [0.2, 0.25) is 5.02 Å². The Morgan fingerprint density at radius 2 is 1.21 bits per heavy atom. The molecule has 2 aliphatic rings. The maximum absolute atomic E-state index is 6.51. The van der Waals surface area contributed by atoms with Gasteiger partial charge < -0.3 is 0 Å². The number of rotatable bonds is 0. The molecule has 0 aromatic heterocycles. The van der Waals surface area contributed by atoms with E-state index in [1.807, 2.05) is 11.8 Å². The van der Waals surface area contributed by atoms with Crippen LogP contribution < -0.4 is 0 Å². The van der Waals surface area contributed by atoms with Crippen molar-refractivity contribution < 1.29 is 0 Å². The molecule has 28 heavy (non-hydrogen) atoms. The SMILES string of the molecule is Clc1cc2c(cc1Br)C1(c3ccccc3S2)c2ccccc2-c2ccccc21. The fraction of sp³-hybridized carbons (Fsp3) is 0.0400. The molecule has 0 fully saturated rings. The first-order valence-corrected chi connectivity index (χ1v) is 11.2. The van der Waals surface area contributed by atoms with Crippen molar-refractivity contribution in [3.8, 4) is 11.1 Å². The molecule has 0 N–H and O–H groups in total. The molecular formula is C25H14BrClS. The van der Waals surface area contributed by atoms with Gasteiger partial charge in [-0.25, -0.2) is 0 Å². The minimum Gasteiger partial charge on any atom is -0.0893 e. The first kappa shape index (κ1) is 16.9. The zero-order valence-electron chi connectivity index (χ0n) is 14.7. The van der Waals surface area contributed by atoms with E-state index in [1.165, 1.54) is 43.2 Å². The Hall–Kier alpha value is -2.00. The summed E-state index contributed by atoms with van der Waals surface area (Å²) in [4.78, 5) is 2.51. The third kappa shape index (κ3) is 2.03. The number of fused-ring (bicyclic) bond motifs is 9. The highest BCUT2D eigenvalue weighted by Crippen LogP contribution is 2.62. The number of hydrogen-bond donors (Lipinski definition) is 0. The molecule has 0 radical (unpaired) electrons. The molecule has 0 atom stereocenters. The molecule has 1 spiro atoms. The van der Waals surface area contributed by atoms with Gasteiger partial charge in [0.2, 0.25) is 0 Å². The van der Waals surface area contributed by atoms with Crippen molar-refractivity contribution in [2.75, 3.05) is 0 Å². The summed E-state index contributed by atoms with van der Waals surface area (Å²) >= 11 is 12.0. The van der Waals surface area contributed by atoms with E-state index < -0.39 is 0 Å². The average Bonchev–Trinajstić information content (AvgIpc) is 3.02. The lowest BCUT2D eigenvalue weighted by atomic mass is 9.67. The van der Waals surface area contributed by atoms with Gasteiger partial charge >= 0.3 is 0 Å². The van der Waals surface area contributed by atoms with Crippen molar-refractivity contribution in [1.29, 1.82) is 0 Å². The van der Waals surface area contributed by atoms with Crippen LogP contribution in [-0.4, -0.2) is 0 Å². The van der Waals surface area contributed by atoms with Gasteiger partial charge in [-0.15, -0.1) is 0 Å². The summed E-state index contributed by atoms with van der Waals surface area (Å²) in [7, 11) is 0. The second kappa shape index (κ2) is 6.00. The standard InChI is InChI=1S/C25H14BrClS/c26-21-13-20-24(14-22(21)27)28-23-12-6-5-11-19(23)25(20)17-9-3-1-7-15(17)16-8-2-4-10-18(16)25/h1-14H. The quantitative estimate of drug-likeness (QED) is 0.221. The van der Waals surface area contributed by atoms with Crippen LogP contribution in [0, 0.1) is 0 Å². The second-order valence-corrected chi connectivity index (χ2v) is 9.55. The van der Waals surface area contributed by atoms with Crippen LogP contribution in [0.15, 0.2) is 99.2 Å². The maximum atomic E-state index is 6.51. The van der Waals surface area contributed by atoms with E-state index in [0.717, 1.165) is 9.50 Å². The zero-order chi connectivity index (χ0) is 18.9. The maximum Gasteiger partial charge on any atom is 0.0735 e. The first-order chi connectivity index (χ1) is 13.7. The summed E-state index contributed by atoms with van der Waals surface area (Å²) in [6.07, 6.45) is 0. The normalized spacial score (nSPS) is 14.9. The Bertz CT molecular complexity index is 1230. The van der Waals surface area contributed by atoms with E-state index in [-0.39, 0.29) is 5.41 Å². The molecule has 0 saturated carbocycles. The fourth-order valence-corrected chi connectivity index (χ4v) is 6.64.